The van der Waals surface area contributed by atoms with E-state index >= 15 is 0 Å². The molecule has 1 saturated heterocycles. The third-order valence-electron chi connectivity index (χ3n) is 4.14. The molecular formula is C16H31B2N3O6. The number of nitrogens with one attached hydrogen (secondary N) is 2. The number of rotatable bonds is 4. The van der Waals surface area contributed by atoms with Crippen molar-refractivity contribution in [2.45, 2.75) is 71.6 Å². The maximum atomic E-state index is 11.5. The monoisotopic (exact) mass is 383 g/mol. The molecule has 1 aliphatic heterocycles. The highest BCUT2D eigenvalue weighted by Crippen LogP contribution is 2.37. The molecule has 1 aromatic rings. The third kappa shape index (κ3) is 7.92. The molecule has 0 spiro atoms. The van der Waals surface area contributed by atoms with Gasteiger partial charge < -0.3 is 29.4 Å². The van der Waals surface area contributed by atoms with E-state index < -0.39 is 18.8 Å². The number of carbonyl (C=O) groups excluding carboxylic acids is 1. The molecular weight excluding hydrogens is 352 g/mol. The fourth-order valence-corrected chi connectivity index (χ4v) is 2.10. The summed E-state index contributed by atoms with van der Waals surface area (Å²) in [5.74, 6) is 0. The number of hydrogen-bond acceptors (Lipinski definition) is 7. The van der Waals surface area contributed by atoms with Gasteiger partial charge in [0.1, 0.15) is 5.60 Å². The fraction of sp³-hybridized carbons (Fsp3) is 0.750. The number of nitrogens with zero attached hydrogens (tertiary/aromatic N) is 1. The molecule has 11 heteroatoms. The molecule has 0 saturated carbocycles. The molecule has 1 amide bonds. The van der Waals surface area contributed by atoms with Gasteiger partial charge in [0.2, 0.25) is 0 Å². The molecule has 152 valence electrons. The standard InChI is InChI=1S/C13H26BNO4.C3H5BN2O2/c1-11(2,3)17-10(16)15-9-8-14-18-12(4,5)13(6,7)19-14;7-4(8)3-1-2-5-6-3/h8-9H2,1-7H3,(H,15,16);1-2,7-8H,(H,5,6). The Bertz CT molecular complexity index is 571. The van der Waals surface area contributed by atoms with E-state index in [-0.39, 0.29) is 23.9 Å². The van der Waals surface area contributed by atoms with Gasteiger partial charge in [0.25, 0.3) is 0 Å². The summed E-state index contributed by atoms with van der Waals surface area (Å²) in [4.78, 5) is 11.5. The van der Waals surface area contributed by atoms with Crippen molar-refractivity contribution in [1.29, 1.82) is 0 Å². The van der Waals surface area contributed by atoms with E-state index in [1.807, 2.05) is 48.5 Å². The Kier molecular flexibility index (Phi) is 7.91. The maximum absolute atomic E-state index is 11.5. The van der Waals surface area contributed by atoms with Gasteiger partial charge in [-0.25, -0.2) is 4.79 Å². The van der Waals surface area contributed by atoms with Crippen molar-refractivity contribution < 1.29 is 28.9 Å². The van der Waals surface area contributed by atoms with E-state index in [2.05, 4.69) is 15.5 Å². The molecule has 4 N–H and O–H groups in total. The highest BCUT2D eigenvalue weighted by molar-refractivity contribution is 6.57. The van der Waals surface area contributed by atoms with E-state index in [9.17, 15) is 4.79 Å². The molecule has 0 bridgehead atoms. The Morgan fingerprint density at radius 1 is 1.30 bits per heavy atom. The summed E-state index contributed by atoms with van der Waals surface area (Å²) < 4.78 is 16.8. The lowest BCUT2D eigenvalue weighted by Gasteiger charge is -2.32. The Balaban J connectivity index is 0.000000377. The van der Waals surface area contributed by atoms with Crippen molar-refractivity contribution in [3.63, 3.8) is 0 Å². The Labute approximate surface area is 161 Å². The summed E-state index contributed by atoms with van der Waals surface area (Å²) in [6, 6.07) is 1.49. The first-order valence-corrected chi connectivity index (χ1v) is 8.92. The molecule has 1 aromatic heterocycles. The minimum Gasteiger partial charge on any atom is -0.444 e. The van der Waals surface area contributed by atoms with Gasteiger partial charge in [-0.15, -0.1) is 0 Å². The van der Waals surface area contributed by atoms with Gasteiger partial charge in [-0.05, 0) is 60.9 Å². The maximum Gasteiger partial charge on any atom is 0.510 e. The lowest BCUT2D eigenvalue weighted by molar-refractivity contribution is 0.00578. The minimum absolute atomic E-state index is 0.241. The van der Waals surface area contributed by atoms with Gasteiger partial charge in [0.05, 0.1) is 16.8 Å². The van der Waals surface area contributed by atoms with Crippen LogP contribution in [-0.2, 0) is 14.0 Å². The summed E-state index contributed by atoms with van der Waals surface area (Å²) in [5.41, 5.74) is -0.897. The topological polar surface area (TPSA) is 126 Å². The second-order valence-corrected chi connectivity index (χ2v) is 8.28. The zero-order chi connectivity index (χ0) is 20.9. The first kappa shape index (κ1) is 23.5. The van der Waals surface area contributed by atoms with Crippen LogP contribution in [-0.4, -0.2) is 63.9 Å². The van der Waals surface area contributed by atoms with Crippen molar-refractivity contribution in [3.8, 4) is 0 Å². The number of aromatic amines is 1. The molecule has 0 unspecified atom stereocenters. The molecule has 0 atom stereocenters. The van der Waals surface area contributed by atoms with Crippen molar-refractivity contribution in [2.24, 2.45) is 0 Å². The SMILES string of the molecule is CC(C)(C)OC(=O)NCCB1OC(C)(C)C(C)(C)O1.OB(O)c1cc[nH]n1. The highest BCUT2D eigenvalue weighted by atomic mass is 16.7. The summed E-state index contributed by atoms with van der Waals surface area (Å²) >= 11 is 0. The number of ether oxygens (including phenoxy) is 1. The average molecular weight is 383 g/mol. The zero-order valence-corrected chi connectivity index (χ0v) is 17.2. The summed E-state index contributed by atoms with van der Waals surface area (Å²) in [6.07, 6.45) is 1.71. The molecule has 9 nitrogen and oxygen atoms in total. The first-order chi connectivity index (χ1) is 12.2. The van der Waals surface area contributed by atoms with Crippen LogP contribution in [0.2, 0.25) is 6.32 Å². The highest BCUT2D eigenvalue weighted by Gasteiger charge is 2.50. The van der Waals surface area contributed by atoms with E-state index in [4.69, 9.17) is 24.1 Å². The van der Waals surface area contributed by atoms with Gasteiger partial charge in [-0.2, -0.15) is 5.10 Å². The molecule has 0 aliphatic carbocycles. The quantitative estimate of drug-likeness (QED) is 0.564. The van der Waals surface area contributed by atoms with Crippen LogP contribution in [0.4, 0.5) is 4.79 Å². The molecule has 1 fully saturated rings. The number of aromatic nitrogens is 2. The van der Waals surface area contributed by atoms with Gasteiger partial charge in [0.15, 0.2) is 0 Å². The Morgan fingerprint density at radius 2 is 1.85 bits per heavy atom. The van der Waals surface area contributed by atoms with Gasteiger partial charge in [-0.3, -0.25) is 5.10 Å². The number of amides is 1. The van der Waals surface area contributed by atoms with Gasteiger partial charge in [0, 0.05) is 12.7 Å². The van der Waals surface area contributed by atoms with E-state index in [0.29, 0.717) is 12.9 Å². The van der Waals surface area contributed by atoms with E-state index in [1.165, 1.54) is 12.3 Å². The van der Waals surface area contributed by atoms with Crippen LogP contribution >= 0.6 is 0 Å². The predicted molar refractivity (Wildman–Crippen MR) is 104 cm³/mol. The molecule has 2 rings (SSSR count). The van der Waals surface area contributed by atoms with Crippen LogP contribution < -0.4 is 10.9 Å². The minimum atomic E-state index is -1.46. The fourth-order valence-electron chi connectivity index (χ4n) is 2.10. The number of H-pyrrole nitrogens is 1. The number of carbonyl (C=O) groups is 1. The Hall–Kier alpha value is -1.55. The third-order valence-corrected chi connectivity index (χ3v) is 4.14. The molecule has 2 heterocycles. The second-order valence-electron chi connectivity index (χ2n) is 8.28. The summed E-state index contributed by atoms with van der Waals surface area (Å²) in [7, 11) is -1.75. The number of hydrogen-bond donors (Lipinski definition) is 4. The smallest absolute Gasteiger partial charge is 0.444 e. The number of alkyl carbamates (subject to hydrolysis) is 1. The lowest BCUT2D eigenvalue weighted by atomic mass is 9.85. The van der Waals surface area contributed by atoms with Crippen LogP contribution in [0, 0.1) is 0 Å². The van der Waals surface area contributed by atoms with Crippen molar-refractivity contribution in [1.82, 2.24) is 15.5 Å². The average Bonchev–Trinajstić information content (AvgIpc) is 3.04. The van der Waals surface area contributed by atoms with Gasteiger partial charge in [-0.1, -0.05) is 0 Å². The van der Waals surface area contributed by atoms with Crippen molar-refractivity contribution in [2.75, 3.05) is 6.54 Å². The summed E-state index contributed by atoms with van der Waals surface area (Å²) in [6.45, 7) is 14.0. The first-order valence-electron chi connectivity index (χ1n) is 8.92. The zero-order valence-electron chi connectivity index (χ0n) is 17.2. The van der Waals surface area contributed by atoms with Crippen LogP contribution in [0.3, 0.4) is 0 Å². The van der Waals surface area contributed by atoms with Crippen molar-refractivity contribution in [3.05, 3.63) is 12.3 Å². The van der Waals surface area contributed by atoms with Gasteiger partial charge >= 0.3 is 20.3 Å². The van der Waals surface area contributed by atoms with Crippen LogP contribution in [0.5, 0.6) is 0 Å². The lowest BCUT2D eigenvalue weighted by Crippen LogP contribution is -2.41. The Morgan fingerprint density at radius 3 is 2.22 bits per heavy atom. The largest absolute Gasteiger partial charge is 0.510 e. The van der Waals surface area contributed by atoms with Crippen LogP contribution in [0.1, 0.15) is 48.5 Å². The molecule has 27 heavy (non-hydrogen) atoms. The summed E-state index contributed by atoms with van der Waals surface area (Å²) in [5, 5.41) is 25.4. The van der Waals surface area contributed by atoms with E-state index in [0.717, 1.165) is 0 Å². The normalized spacial score (nSPS) is 17.7. The molecule has 1 aliphatic rings. The second kappa shape index (κ2) is 9.09. The molecule has 0 radical (unpaired) electrons. The van der Waals surface area contributed by atoms with Crippen LogP contribution in [0.25, 0.3) is 0 Å². The van der Waals surface area contributed by atoms with E-state index in [1.54, 1.807) is 0 Å². The molecule has 0 aromatic carbocycles. The predicted octanol–water partition coefficient (Wildman–Crippen LogP) is 0.693. The van der Waals surface area contributed by atoms with Crippen LogP contribution in [0.15, 0.2) is 12.3 Å². The van der Waals surface area contributed by atoms with Crippen molar-refractivity contribution >= 4 is 25.9 Å².